The van der Waals surface area contributed by atoms with Crippen molar-refractivity contribution in [2.24, 2.45) is 0 Å². The van der Waals surface area contributed by atoms with E-state index in [4.69, 9.17) is 69.6 Å². The van der Waals surface area contributed by atoms with Crippen molar-refractivity contribution in [1.82, 2.24) is 19.9 Å². The maximum absolute atomic E-state index is 5.72. The second kappa shape index (κ2) is 8.10. The normalized spacial score (nSPS) is 12.3. The van der Waals surface area contributed by atoms with Crippen LogP contribution in [0.3, 0.4) is 0 Å². The number of benzene rings is 2. The number of aromatic nitrogens is 4. The second-order valence-corrected chi connectivity index (χ2v) is 10.7. The van der Waals surface area contributed by atoms with Gasteiger partial charge in [0.15, 0.2) is 11.6 Å². The number of nitrogens with one attached hydrogen (secondary N) is 2. The van der Waals surface area contributed by atoms with Crippen molar-refractivity contribution >= 4 is 91.7 Å². The maximum Gasteiger partial charge on any atom is 0.248 e. The summed E-state index contributed by atoms with van der Waals surface area (Å²) in [7, 11) is 0. The van der Waals surface area contributed by atoms with E-state index in [0.717, 1.165) is 33.2 Å². The molecule has 148 valence electrons. The third kappa shape index (κ3) is 4.99. The molecule has 2 aromatic heterocycles. The van der Waals surface area contributed by atoms with Gasteiger partial charge in [-0.1, -0.05) is 87.8 Å². The van der Waals surface area contributed by atoms with Gasteiger partial charge in [-0.3, -0.25) is 0 Å². The summed E-state index contributed by atoms with van der Waals surface area (Å²) in [6.07, 6.45) is 0. The highest BCUT2D eigenvalue weighted by Gasteiger charge is 2.27. The van der Waals surface area contributed by atoms with Crippen LogP contribution in [0.15, 0.2) is 36.4 Å². The highest BCUT2D eigenvalue weighted by molar-refractivity contribution is 6.67. The molecule has 0 radical (unpaired) electrons. The molecular formula is C18H14Cl6N4. The third-order valence-corrected chi connectivity index (χ3v) is 4.96. The molecule has 0 spiro atoms. The largest absolute Gasteiger partial charge is 0.338 e. The number of para-hydroxylation sites is 1. The highest BCUT2D eigenvalue weighted by Crippen LogP contribution is 2.38. The van der Waals surface area contributed by atoms with Crippen LogP contribution < -0.4 is 0 Å². The standard InChI is InChI=1S/2C9H7Cl3N2/c1-5-2-3-6-7(4-5)14-8(13-6)9(10,11)12;1-5-3-2-4-6-7(5)14-8(13-6)9(10,11)12/h2*2-4H,1H3,(H,13,14). The summed E-state index contributed by atoms with van der Waals surface area (Å²) in [5.41, 5.74) is 5.60. The minimum atomic E-state index is -1.49. The molecule has 0 saturated heterocycles. The van der Waals surface area contributed by atoms with E-state index >= 15 is 0 Å². The zero-order valence-electron chi connectivity index (χ0n) is 14.6. The molecule has 0 unspecified atom stereocenters. The lowest BCUT2D eigenvalue weighted by Gasteiger charge is -2.04. The van der Waals surface area contributed by atoms with Crippen LogP contribution in [0.2, 0.25) is 0 Å². The number of nitrogens with zero attached hydrogens (tertiary/aromatic N) is 2. The minimum Gasteiger partial charge on any atom is -0.338 e. The first kappa shape index (κ1) is 21.8. The molecule has 4 rings (SSSR count). The topological polar surface area (TPSA) is 57.4 Å². The molecule has 4 nitrogen and oxygen atoms in total. The Morgan fingerprint density at radius 2 is 1.36 bits per heavy atom. The van der Waals surface area contributed by atoms with Crippen molar-refractivity contribution in [2.45, 2.75) is 21.4 Å². The third-order valence-electron chi connectivity index (χ3n) is 3.89. The summed E-state index contributed by atoms with van der Waals surface area (Å²) in [5.74, 6) is 0.704. The lowest BCUT2D eigenvalue weighted by Crippen LogP contribution is -2.02. The Hall–Kier alpha value is -0.880. The number of hydrogen-bond acceptors (Lipinski definition) is 2. The Morgan fingerprint density at radius 1 is 0.750 bits per heavy atom. The highest BCUT2D eigenvalue weighted by atomic mass is 35.6. The van der Waals surface area contributed by atoms with Crippen LogP contribution in [-0.2, 0) is 7.59 Å². The molecule has 2 N–H and O–H groups in total. The Balaban J connectivity index is 0.000000161. The zero-order valence-corrected chi connectivity index (χ0v) is 19.2. The first-order chi connectivity index (χ1) is 12.9. The van der Waals surface area contributed by atoms with Crippen LogP contribution in [0.25, 0.3) is 22.1 Å². The van der Waals surface area contributed by atoms with E-state index in [-0.39, 0.29) is 0 Å². The smallest absolute Gasteiger partial charge is 0.248 e. The van der Waals surface area contributed by atoms with Crippen LogP contribution in [0, 0.1) is 13.8 Å². The average Bonchev–Trinajstić information content (AvgIpc) is 3.18. The van der Waals surface area contributed by atoms with E-state index in [2.05, 4.69) is 19.9 Å². The molecule has 28 heavy (non-hydrogen) atoms. The van der Waals surface area contributed by atoms with E-state index in [1.54, 1.807) is 0 Å². The van der Waals surface area contributed by atoms with Crippen molar-refractivity contribution < 1.29 is 0 Å². The number of rotatable bonds is 0. The van der Waals surface area contributed by atoms with Crippen molar-refractivity contribution in [3.05, 3.63) is 59.2 Å². The molecule has 2 heterocycles. The predicted octanol–water partition coefficient (Wildman–Crippen LogP) is 7.40. The van der Waals surface area contributed by atoms with E-state index < -0.39 is 7.59 Å². The van der Waals surface area contributed by atoms with Crippen molar-refractivity contribution in [2.75, 3.05) is 0 Å². The lowest BCUT2D eigenvalue weighted by atomic mass is 10.2. The summed E-state index contributed by atoms with van der Waals surface area (Å²) in [4.78, 5) is 14.3. The van der Waals surface area contributed by atoms with Gasteiger partial charge in [0.1, 0.15) is 0 Å². The number of hydrogen-bond donors (Lipinski definition) is 2. The van der Waals surface area contributed by atoms with Gasteiger partial charge in [-0.2, -0.15) is 0 Å². The summed E-state index contributed by atoms with van der Waals surface area (Å²) in [6.45, 7) is 3.96. The van der Waals surface area contributed by atoms with Crippen LogP contribution >= 0.6 is 69.6 Å². The lowest BCUT2D eigenvalue weighted by molar-refractivity contribution is 1.05. The minimum absolute atomic E-state index is 0.350. The number of aromatic amines is 2. The maximum atomic E-state index is 5.72. The average molecular weight is 499 g/mol. The van der Waals surface area contributed by atoms with Gasteiger partial charge in [0, 0.05) is 0 Å². The molecule has 0 fully saturated rings. The monoisotopic (exact) mass is 496 g/mol. The molecule has 10 heteroatoms. The van der Waals surface area contributed by atoms with Crippen molar-refractivity contribution in [1.29, 1.82) is 0 Å². The van der Waals surface area contributed by atoms with Gasteiger partial charge in [-0.25, -0.2) is 9.97 Å². The van der Waals surface area contributed by atoms with Crippen LogP contribution in [0.5, 0.6) is 0 Å². The van der Waals surface area contributed by atoms with Crippen molar-refractivity contribution in [3.63, 3.8) is 0 Å². The summed E-state index contributed by atoms with van der Waals surface area (Å²) < 4.78 is -2.99. The quantitative estimate of drug-likeness (QED) is 0.248. The Morgan fingerprint density at radius 3 is 1.96 bits per heavy atom. The molecule has 0 aliphatic carbocycles. The van der Waals surface area contributed by atoms with E-state index in [1.807, 2.05) is 50.2 Å². The van der Waals surface area contributed by atoms with Crippen LogP contribution in [0.4, 0.5) is 0 Å². The van der Waals surface area contributed by atoms with Gasteiger partial charge in [-0.05, 0) is 43.2 Å². The number of halogens is 6. The van der Waals surface area contributed by atoms with Gasteiger partial charge in [0.2, 0.25) is 7.59 Å². The molecule has 0 saturated carbocycles. The van der Waals surface area contributed by atoms with Gasteiger partial charge in [-0.15, -0.1) is 0 Å². The first-order valence-electron chi connectivity index (χ1n) is 8.01. The molecule has 0 bridgehead atoms. The number of aryl methyl sites for hydroxylation is 2. The molecule has 0 amide bonds. The number of H-pyrrole nitrogens is 2. The van der Waals surface area contributed by atoms with E-state index in [9.17, 15) is 0 Å². The molecule has 4 aromatic rings. The second-order valence-electron chi connectivity index (χ2n) is 6.16. The molecule has 0 atom stereocenters. The molecule has 2 aromatic carbocycles. The van der Waals surface area contributed by atoms with Gasteiger partial charge in [0.05, 0.1) is 22.1 Å². The Bertz CT molecular complexity index is 1120. The molecule has 0 aliphatic heterocycles. The Kier molecular flexibility index (Phi) is 6.31. The van der Waals surface area contributed by atoms with Gasteiger partial charge >= 0.3 is 0 Å². The molecule has 0 aliphatic rings. The van der Waals surface area contributed by atoms with E-state index in [1.165, 1.54) is 0 Å². The summed E-state index contributed by atoms with van der Waals surface area (Å²) in [6, 6.07) is 11.6. The summed E-state index contributed by atoms with van der Waals surface area (Å²) in [5, 5.41) is 0. The fourth-order valence-electron chi connectivity index (χ4n) is 2.57. The van der Waals surface area contributed by atoms with E-state index in [0.29, 0.717) is 11.6 Å². The SMILES string of the molecule is Cc1ccc2nc(C(Cl)(Cl)Cl)[nH]c2c1.Cc1cccc2[nH]c(C(Cl)(Cl)Cl)nc12. The first-order valence-corrected chi connectivity index (χ1v) is 10.3. The molecular weight excluding hydrogens is 485 g/mol. The fraction of sp³-hybridized carbons (Fsp3) is 0.222. The Labute approximate surface area is 191 Å². The number of fused-ring (bicyclic) bond motifs is 2. The van der Waals surface area contributed by atoms with Crippen LogP contribution in [-0.4, -0.2) is 19.9 Å². The predicted molar refractivity (Wildman–Crippen MR) is 120 cm³/mol. The number of alkyl halides is 6. The van der Waals surface area contributed by atoms with Gasteiger partial charge < -0.3 is 9.97 Å². The zero-order chi connectivity index (χ0) is 20.7. The van der Waals surface area contributed by atoms with Crippen molar-refractivity contribution in [3.8, 4) is 0 Å². The summed E-state index contributed by atoms with van der Waals surface area (Å²) >= 11 is 34.3. The van der Waals surface area contributed by atoms with Gasteiger partial charge in [0.25, 0.3) is 0 Å². The van der Waals surface area contributed by atoms with Crippen LogP contribution in [0.1, 0.15) is 22.8 Å². The number of imidazole rings is 2. The fourth-order valence-corrected chi connectivity index (χ4v) is 3.10.